The molecule has 0 spiro atoms. The van der Waals surface area contributed by atoms with E-state index >= 15 is 0 Å². The van der Waals surface area contributed by atoms with Gasteiger partial charge in [0.05, 0.1) is 10.7 Å². The van der Waals surface area contributed by atoms with Crippen LogP contribution >= 0.6 is 34.4 Å². The molecule has 1 aromatic carbocycles. The third-order valence-electron chi connectivity index (χ3n) is 2.80. The Bertz CT molecular complexity index is 821. The van der Waals surface area contributed by atoms with Crippen LogP contribution in [0.1, 0.15) is 0 Å². The molecule has 7 nitrogen and oxygen atoms in total. The van der Waals surface area contributed by atoms with Crippen molar-refractivity contribution in [1.29, 1.82) is 0 Å². The third kappa shape index (κ3) is 2.62. The van der Waals surface area contributed by atoms with E-state index < -0.39 is 0 Å². The van der Waals surface area contributed by atoms with E-state index in [2.05, 4.69) is 42.6 Å². The largest absolute Gasteiger partial charge is 0.496 e. The van der Waals surface area contributed by atoms with Crippen molar-refractivity contribution >= 4 is 46.1 Å². The average Bonchev–Trinajstić information content (AvgIpc) is 2.92. The third-order valence-corrected chi connectivity index (χ3v) is 4.24. The molecule has 0 fully saturated rings. The molecule has 2 N–H and O–H groups in total. The second-order valence-electron chi connectivity index (χ2n) is 4.07. The van der Waals surface area contributed by atoms with Crippen molar-refractivity contribution in [2.24, 2.45) is 0 Å². The molecule has 0 bridgehead atoms. The highest BCUT2D eigenvalue weighted by Crippen LogP contribution is 2.27. The van der Waals surface area contributed by atoms with Gasteiger partial charge >= 0.3 is 0 Å². The second-order valence-corrected chi connectivity index (χ2v) is 6.00. The molecule has 0 unspecified atom stereocenters. The number of nitrogens with zero attached hydrogens (tertiary/aromatic N) is 5. The summed E-state index contributed by atoms with van der Waals surface area (Å²) < 4.78 is 7.77. The van der Waals surface area contributed by atoms with E-state index in [4.69, 9.17) is 10.5 Å². The van der Waals surface area contributed by atoms with Gasteiger partial charge in [0.15, 0.2) is 11.0 Å². The summed E-state index contributed by atoms with van der Waals surface area (Å²) in [6.07, 6.45) is 1.88. The average molecular weight is 414 g/mol. The predicted octanol–water partition coefficient (Wildman–Crippen LogP) is 2.10. The van der Waals surface area contributed by atoms with Gasteiger partial charge in [0.2, 0.25) is 5.95 Å². The molecule has 2 heterocycles. The summed E-state index contributed by atoms with van der Waals surface area (Å²) in [6.45, 7) is 0. The van der Waals surface area contributed by atoms with Crippen LogP contribution in [0.2, 0.25) is 0 Å². The molecule has 0 amide bonds. The monoisotopic (exact) mass is 414 g/mol. The van der Waals surface area contributed by atoms with E-state index in [0.717, 1.165) is 14.9 Å². The normalized spacial score (nSPS) is 11.0. The number of nitrogen functional groups attached to an aromatic ring is 1. The van der Waals surface area contributed by atoms with Crippen LogP contribution in [0, 0.1) is 3.57 Å². The number of methoxy groups -OCH3 is 1. The van der Waals surface area contributed by atoms with Gasteiger partial charge in [-0.3, -0.25) is 0 Å². The van der Waals surface area contributed by atoms with Crippen LogP contribution in [-0.2, 0) is 0 Å². The number of nitrogens with two attached hydrogens (primary N) is 1. The lowest BCUT2D eigenvalue weighted by atomic mass is 10.2. The van der Waals surface area contributed by atoms with Gasteiger partial charge in [-0.05, 0) is 47.0 Å². The van der Waals surface area contributed by atoms with Crippen molar-refractivity contribution in [2.75, 3.05) is 19.1 Å². The molecule has 3 rings (SSSR count). The maximum absolute atomic E-state index is 5.87. The van der Waals surface area contributed by atoms with Gasteiger partial charge in [-0.1, -0.05) is 11.8 Å². The summed E-state index contributed by atoms with van der Waals surface area (Å²) in [6, 6.07) is 5.76. The molecular weight excluding hydrogens is 403 g/mol. The molecule has 0 atom stereocenters. The van der Waals surface area contributed by atoms with Crippen molar-refractivity contribution in [1.82, 2.24) is 24.6 Å². The van der Waals surface area contributed by atoms with Crippen LogP contribution in [0.3, 0.4) is 0 Å². The van der Waals surface area contributed by atoms with Gasteiger partial charge in [-0.25, -0.2) is 0 Å². The Morgan fingerprint density at radius 2 is 2.10 bits per heavy atom. The minimum Gasteiger partial charge on any atom is -0.496 e. The number of ether oxygens (including phenoxy) is 1. The fourth-order valence-electron chi connectivity index (χ4n) is 1.80. The van der Waals surface area contributed by atoms with E-state index in [0.29, 0.717) is 16.8 Å². The quantitative estimate of drug-likeness (QED) is 0.519. The van der Waals surface area contributed by atoms with Crippen LogP contribution in [0.4, 0.5) is 5.95 Å². The Morgan fingerprint density at radius 3 is 2.81 bits per heavy atom. The topological polar surface area (TPSA) is 91.2 Å². The van der Waals surface area contributed by atoms with E-state index in [1.54, 1.807) is 7.11 Å². The smallest absolute Gasteiger partial charge is 0.258 e. The van der Waals surface area contributed by atoms with Gasteiger partial charge in [0.1, 0.15) is 5.75 Å². The number of halogens is 1. The fourth-order valence-corrected chi connectivity index (χ4v) is 2.71. The first-order chi connectivity index (χ1) is 10.1. The van der Waals surface area contributed by atoms with Crippen LogP contribution in [0.25, 0.3) is 17.2 Å². The minimum atomic E-state index is 0.264. The van der Waals surface area contributed by atoms with Crippen molar-refractivity contribution in [2.45, 2.75) is 5.16 Å². The zero-order valence-corrected chi connectivity index (χ0v) is 14.2. The standard InChI is InChI=1S/C12H11IN6OS/c1-20-8-5-6(3-4-7(8)13)9-15-11-17-12(21-2)16-10(14)19(11)18-9/h3-5H,1-2H3,(H2,14,15,16,17,18). The second kappa shape index (κ2) is 5.64. The van der Waals surface area contributed by atoms with Gasteiger partial charge in [0.25, 0.3) is 5.78 Å². The van der Waals surface area contributed by atoms with Crippen LogP contribution < -0.4 is 10.5 Å². The molecule has 0 aliphatic carbocycles. The summed E-state index contributed by atoms with van der Waals surface area (Å²) in [4.78, 5) is 12.8. The van der Waals surface area contributed by atoms with Crippen LogP contribution in [0.15, 0.2) is 23.4 Å². The molecule has 21 heavy (non-hydrogen) atoms. The lowest BCUT2D eigenvalue weighted by Gasteiger charge is -2.03. The van der Waals surface area contributed by atoms with Crippen molar-refractivity contribution in [3.8, 4) is 17.1 Å². The highest BCUT2D eigenvalue weighted by molar-refractivity contribution is 14.1. The van der Waals surface area contributed by atoms with Crippen molar-refractivity contribution in [3.05, 3.63) is 21.8 Å². The lowest BCUT2D eigenvalue weighted by molar-refractivity contribution is 0.412. The van der Waals surface area contributed by atoms with E-state index in [1.165, 1.54) is 16.3 Å². The van der Waals surface area contributed by atoms with E-state index in [1.807, 2.05) is 24.5 Å². The molecule has 3 aromatic rings. The maximum atomic E-state index is 5.87. The Balaban J connectivity index is 2.15. The zero-order chi connectivity index (χ0) is 15.0. The number of hydrogen-bond acceptors (Lipinski definition) is 7. The Labute approximate surface area is 138 Å². The number of aromatic nitrogens is 5. The SMILES string of the molecule is COc1cc(-c2nc3nc(SC)nc(N)n3n2)ccc1I. The minimum absolute atomic E-state index is 0.264. The first-order valence-corrected chi connectivity index (χ1v) is 8.21. The molecule has 108 valence electrons. The molecule has 0 saturated heterocycles. The number of rotatable bonds is 3. The molecule has 0 radical (unpaired) electrons. The molecule has 0 aliphatic rings. The Morgan fingerprint density at radius 1 is 1.29 bits per heavy atom. The van der Waals surface area contributed by atoms with Crippen LogP contribution in [0.5, 0.6) is 5.75 Å². The summed E-state index contributed by atoms with van der Waals surface area (Å²) in [5.74, 6) is 2.00. The predicted molar refractivity (Wildman–Crippen MR) is 89.5 cm³/mol. The van der Waals surface area contributed by atoms with Crippen LogP contribution in [-0.4, -0.2) is 37.9 Å². The number of benzene rings is 1. The molecule has 0 aliphatic heterocycles. The van der Waals surface area contributed by atoms with Crippen molar-refractivity contribution in [3.63, 3.8) is 0 Å². The molecule has 2 aromatic heterocycles. The summed E-state index contributed by atoms with van der Waals surface area (Å²) in [5, 5.41) is 4.92. The molecule has 0 saturated carbocycles. The molecule has 9 heteroatoms. The van der Waals surface area contributed by atoms with Gasteiger partial charge in [-0.2, -0.15) is 19.5 Å². The lowest BCUT2D eigenvalue weighted by Crippen LogP contribution is -2.04. The van der Waals surface area contributed by atoms with Gasteiger partial charge in [-0.15, -0.1) is 5.10 Å². The highest BCUT2D eigenvalue weighted by atomic mass is 127. The number of anilines is 1. The summed E-state index contributed by atoms with van der Waals surface area (Å²) in [7, 11) is 1.63. The Hall–Kier alpha value is -1.62. The molecular formula is C12H11IN6OS. The van der Waals surface area contributed by atoms with Gasteiger partial charge in [0, 0.05) is 5.56 Å². The number of hydrogen-bond donors (Lipinski definition) is 1. The first kappa shape index (κ1) is 14.3. The summed E-state index contributed by atoms with van der Waals surface area (Å²) >= 11 is 3.62. The fraction of sp³-hybridized carbons (Fsp3) is 0.167. The highest BCUT2D eigenvalue weighted by Gasteiger charge is 2.13. The van der Waals surface area contributed by atoms with E-state index in [-0.39, 0.29) is 5.95 Å². The van der Waals surface area contributed by atoms with E-state index in [9.17, 15) is 0 Å². The first-order valence-electron chi connectivity index (χ1n) is 5.90. The number of thioether (sulfide) groups is 1. The van der Waals surface area contributed by atoms with Gasteiger partial charge < -0.3 is 10.5 Å². The van der Waals surface area contributed by atoms with Crippen molar-refractivity contribution < 1.29 is 4.74 Å². The maximum Gasteiger partial charge on any atom is 0.258 e. The zero-order valence-electron chi connectivity index (χ0n) is 11.2. The Kier molecular flexibility index (Phi) is 3.85. The number of fused-ring (bicyclic) bond motifs is 1. The summed E-state index contributed by atoms with van der Waals surface area (Å²) in [5.41, 5.74) is 6.71.